The Bertz CT molecular complexity index is 842. The van der Waals surface area contributed by atoms with Crippen LogP contribution < -0.4 is 11.5 Å². The van der Waals surface area contributed by atoms with Crippen LogP contribution in [0.5, 0.6) is 0 Å². The minimum absolute atomic E-state index is 0.171. The quantitative estimate of drug-likeness (QED) is 0.298. The molecule has 2 unspecified atom stereocenters. The van der Waals surface area contributed by atoms with Crippen LogP contribution in [0.25, 0.3) is 10.4 Å². The molecule has 1 saturated heterocycles. The third-order valence-electron chi connectivity index (χ3n) is 4.77. The maximum Gasteiger partial charge on any atom is 0.328 e. The molecule has 0 radical (unpaired) electrons. The Labute approximate surface area is 175 Å². The molecule has 10 nitrogen and oxygen atoms in total. The molecule has 30 heavy (non-hydrogen) atoms. The second kappa shape index (κ2) is 9.60. The van der Waals surface area contributed by atoms with Gasteiger partial charge in [-0.1, -0.05) is 29.4 Å². The zero-order valence-electron chi connectivity index (χ0n) is 17.4. The normalized spacial score (nSPS) is 19.7. The summed E-state index contributed by atoms with van der Waals surface area (Å²) in [5, 5.41) is 3.60. The molecule has 1 aliphatic heterocycles. The molecule has 2 amide bonds. The van der Waals surface area contributed by atoms with Gasteiger partial charge in [0.2, 0.25) is 11.8 Å². The lowest BCUT2D eigenvalue weighted by Crippen LogP contribution is -2.43. The first-order chi connectivity index (χ1) is 14.0. The van der Waals surface area contributed by atoms with Crippen molar-refractivity contribution in [1.29, 1.82) is 0 Å². The molecular formula is C20H28N6O4. The number of azide groups is 1. The van der Waals surface area contributed by atoms with Gasteiger partial charge in [0.05, 0.1) is 6.04 Å². The van der Waals surface area contributed by atoms with Crippen molar-refractivity contribution in [3.63, 3.8) is 0 Å². The van der Waals surface area contributed by atoms with E-state index >= 15 is 0 Å². The summed E-state index contributed by atoms with van der Waals surface area (Å²) >= 11 is 0. The fraction of sp³-hybridized carbons (Fsp3) is 0.550. The summed E-state index contributed by atoms with van der Waals surface area (Å²) in [6, 6.07) is 4.95. The molecule has 162 valence electrons. The fourth-order valence-electron chi connectivity index (χ4n) is 3.30. The Balaban J connectivity index is 1.96. The highest BCUT2D eigenvalue weighted by atomic mass is 16.6. The lowest BCUT2D eigenvalue weighted by atomic mass is 10.0. The van der Waals surface area contributed by atoms with Crippen molar-refractivity contribution in [2.45, 2.75) is 63.8 Å². The van der Waals surface area contributed by atoms with Crippen molar-refractivity contribution in [1.82, 2.24) is 4.90 Å². The summed E-state index contributed by atoms with van der Waals surface area (Å²) < 4.78 is 5.29. The highest BCUT2D eigenvalue weighted by Crippen LogP contribution is 2.22. The summed E-state index contributed by atoms with van der Waals surface area (Å²) in [6.07, 6.45) is 0.849. The van der Waals surface area contributed by atoms with Crippen molar-refractivity contribution in [2.75, 3.05) is 6.54 Å². The summed E-state index contributed by atoms with van der Waals surface area (Å²) in [6.45, 7) is 5.50. The number of carbonyl (C=O) groups is 3. The van der Waals surface area contributed by atoms with E-state index < -0.39 is 35.6 Å². The van der Waals surface area contributed by atoms with Gasteiger partial charge < -0.3 is 21.1 Å². The van der Waals surface area contributed by atoms with Crippen molar-refractivity contribution < 1.29 is 19.1 Å². The third kappa shape index (κ3) is 6.20. The van der Waals surface area contributed by atoms with Gasteiger partial charge in [0, 0.05) is 17.9 Å². The van der Waals surface area contributed by atoms with Gasteiger partial charge in [0.15, 0.2) is 0 Å². The highest BCUT2D eigenvalue weighted by molar-refractivity contribution is 5.87. The number of hydrogen-bond donors (Lipinski definition) is 2. The number of esters is 1. The van der Waals surface area contributed by atoms with Crippen LogP contribution in [-0.4, -0.2) is 46.9 Å². The van der Waals surface area contributed by atoms with E-state index in [0.717, 1.165) is 5.56 Å². The molecule has 3 atom stereocenters. The molecule has 0 spiro atoms. The molecule has 10 heteroatoms. The van der Waals surface area contributed by atoms with Gasteiger partial charge in [-0.2, -0.15) is 0 Å². The van der Waals surface area contributed by atoms with Gasteiger partial charge in [-0.05, 0) is 50.3 Å². The number of rotatable bonds is 7. The third-order valence-corrected chi connectivity index (χ3v) is 4.77. The molecule has 0 aliphatic carbocycles. The van der Waals surface area contributed by atoms with Gasteiger partial charge in [-0.3, -0.25) is 9.59 Å². The van der Waals surface area contributed by atoms with Crippen molar-refractivity contribution >= 4 is 17.8 Å². The van der Waals surface area contributed by atoms with Crippen molar-refractivity contribution in [3.8, 4) is 0 Å². The van der Waals surface area contributed by atoms with Crippen LogP contribution in [0, 0.1) is 0 Å². The lowest BCUT2D eigenvalue weighted by Gasteiger charge is -2.22. The number of primary amides is 1. The monoisotopic (exact) mass is 416 g/mol. The number of aryl methyl sites for hydroxylation is 1. The number of nitrogens with zero attached hydrogens (tertiary/aromatic N) is 4. The van der Waals surface area contributed by atoms with Crippen LogP contribution in [0.15, 0.2) is 29.4 Å². The lowest BCUT2D eigenvalue weighted by molar-refractivity contribution is -0.156. The summed E-state index contributed by atoms with van der Waals surface area (Å²) in [5.74, 6) is -1.35. The standard InChI is InChI=1S/C20H28N6O4/c1-20(2,3)30-19(29)17(21)13-7-4-12(5-8-13)6-9-16(27)26-11-14(24-25-23)10-15(26)18(22)28/h4-5,7-8,14-15,17H,6,9-11,21H2,1-3H3,(H2,22,28)/t14?,15-,17?/m0/s1. The van der Waals surface area contributed by atoms with E-state index in [1.165, 1.54) is 4.90 Å². The van der Waals surface area contributed by atoms with Gasteiger partial charge in [0.1, 0.15) is 17.7 Å². The van der Waals surface area contributed by atoms with E-state index in [-0.39, 0.29) is 25.3 Å². The van der Waals surface area contributed by atoms with E-state index in [9.17, 15) is 14.4 Å². The van der Waals surface area contributed by atoms with Gasteiger partial charge in [-0.25, -0.2) is 4.79 Å². The number of amides is 2. The highest BCUT2D eigenvalue weighted by Gasteiger charge is 2.37. The number of likely N-dealkylation sites (tertiary alicyclic amines) is 1. The number of benzene rings is 1. The molecule has 1 fully saturated rings. The Morgan fingerprint density at radius 3 is 2.47 bits per heavy atom. The number of hydrogen-bond acceptors (Lipinski definition) is 6. The Kier molecular flexibility index (Phi) is 7.42. The number of carbonyl (C=O) groups excluding carboxylic acids is 3. The zero-order valence-corrected chi connectivity index (χ0v) is 17.4. The molecular weight excluding hydrogens is 388 g/mol. The van der Waals surface area contributed by atoms with Crippen molar-refractivity contribution in [2.24, 2.45) is 16.6 Å². The van der Waals surface area contributed by atoms with E-state index in [4.69, 9.17) is 21.7 Å². The first-order valence-corrected chi connectivity index (χ1v) is 9.72. The Morgan fingerprint density at radius 2 is 1.93 bits per heavy atom. The molecule has 1 aromatic rings. The minimum Gasteiger partial charge on any atom is -0.459 e. The van der Waals surface area contributed by atoms with Crippen LogP contribution in [-0.2, 0) is 25.5 Å². The molecule has 0 saturated carbocycles. The van der Waals surface area contributed by atoms with E-state index in [2.05, 4.69) is 10.0 Å². The largest absolute Gasteiger partial charge is 0.459 e. The van der Waals surface area contributed by atoms with E-state index in [0.29, 0.717) is 12.0 Å². The van der Waals surface area contributed by atoms with Gasteiger partial charge in [0.25, 0.3) is 0 Å². The molecule has 1 heterocycles. The van der Waals surface area contributed by atoms with Crippen LogP contribution >= 0.6 is 0 Å². The van der Waals surface area contributed by atoms with Crippen LogP contribution in [0.2, 0.25) is 0 Å². The molecule has 1 aromatic carbocycles. The van der Waals surface area contributed by atoms with Gasteiger partial charge >= 0.3 is 5.97 Å². The molecule has 4 N–H and O–H groups in total. The van der Waals surface area contributed by atoms with Gasteiger partial charge in [-0.15, -0.1) is 0 Å². The predicted molar refractivity (Wildman–Crippen MR) is 110 cm³/mol. The average Bonchev–Trinajstić information content (AvgIpc) is 3.09. The maximum absolute atomic E-state index is 12.6. The second-order valence-corrected chi connectivity index (χ2v) is 8.31. The molecule has 0 bridgehead atoms. The summed E-state index contributed by atoms with van der Waals surface area (Å²) in [7, 11) is 0. The SMILES string of the molecule is CC(C)(C)OC(=O)C(N)c1ccc(CCC(=O)N2CC(N=[N+]=[N-])C[C@H]2C(N)=O)cc1. The topological polar surface area (TPSA) is 164 Å². The maximum atomic E-state index is 12.6. The predicted octanol–water partition coefficient (Wildman–Crippen LogP) is 1.73. The van der Waals surface area contributed by atoms with Crippen molar-refractivity contribution in [3.05, 3.63) is 45.8 Å². The number of ether oxygens (including phenoxy) is 1. The number of nitrogens with two attached hydrogens (primary N) is 2. The Morgan fingerprint density at radius 1 is 1.30 bits per heavy atom. The summed E-state index contributed by atoms with van der Waals surface area (Å²) in [5.41, 5.74) is 20.8. The molecule has 2 rings (SSSR count). The van der Waals surface area contributed by atoms with Crippen LogP contribution in [0.4, 0.5) is 0 Å². The first-order valence-electron chi connectivity index (χ1n) is 9.72. The summed E-state index contributed by atoms with van der Waals surface area (Å²) in [4.78, 5) is 40.4. The zero-order chi connectivity index (χ0) is 22.5. The van der Waals surface area contributed by atoms with E-state index in [1.807, 2.05) is 0 Å². The van der Waals surface area contributed by atoms with Crippen LogP contribution in [0.1, 0.15) is 50.8 Å². The van der Waals surface area contributed by atoms with Crippen LogP contribution in [0.3, 0.4) is 0 Å². The first kappa shape index (κ1) is 23.2. The second-order valence-electron chi connectivity index (χ2n) is 8.31. The Hall–Kier alpha value is -3.10. The molecule has 0 aromatic heterocycles. The van der Waals surface area contributed by atoms with E-state index in [1.54, 1.807) is 45.0 Å². The average molecular weight is 416 g/mol. The molecule has 1 aliphatic rings. The smallest absolute Gasteiger partial charge is 0.328 e. The minimum atomic E-state index is -0.890. The fourth-order valence-corrected chi connectivity index (χ4v) is 3.30.